The molecule has 2 N–H and O–H groups in total. The van der Waals surface area contributed by atoms with Crippen molar-refractivity contribution in [2.45, 2.75) is 19.2 Å². The quantitative estimate of drug-likeness (QED) is 0.159. The first-order valence-electron chi connectivity index (χ1n) is 21.8. The molecule has 67 heavy (non-hydrogen) atoms. The smallest absolute Gasteiger partial charge is 0.406 e. The van der Waals surface area contributed by atoms with E-state index in [2.05, 4.69) is 63.3 Å². The summed E-state index contributed by atoms with van der Waals surface area (Å²) >= 11 is 0. The van der Waals surface area contributed by atoms with Crippen molar-refractivity contribution in [3.8, 4) is 39.6 Å². The van der Waals surface area contributed by atoms with Crippen LogP contribution in [0.25, 0.3) is 66.5 Å². The second-order valence-corrected chi connectivity index (χ2v) is 16.0. The fourth-order valence-electron chi connectivity index (χ4n) is 8.49. The summed E-state index contributed by atoms with van der Waals surface area (Å²) in [5, 5.41) is 20.6. The first-order valence-corrected chi connectivity index (χ1v) is 21.8. The Morgan fingerprint density at radius 2 is 1.09 bits per heavy atom. The highest BCUT2D eigenvalue weighted by molar-refractivity contribution is 5.95. The molecule has 4 aromatic heterocycles. The molecular formula is C49H43F3N10O5. The van der Waals surface area contributed by atoms with Gasteiger partial charge in [0.2, 0.25) is 0 Å². The lowest BCUT2D eigenvalue weighted by Crippen LogP contribution is -2.28. The predicted octanol–water partition coefficient (Wildman–Crippen LogP) is 8.06. The molecule has 0 bridgehead atoms. The maximum Gasteiger partial charge on any atom is 0.573 e. The van der Waals surface area contributed by atoms with Gasteiger partial charge in [-0.25, -0.2) is 9.36 Å². The molecule has 2 saturated heterocycles. The number of nitrogens with one attached hydrogen (secondary N) is 2. The Labute approximate surface area is 379 Å². The largest absolute Gasteiger partial charge is 0.573 e. The Morgan fingerprint density at radius 3 is 1.69 bits per heavy atom. The number of aromatic nitrogens is 8. The number of halogens is 3. The third kappa shape index (κ3) is 9.34. The average molecular weight is 909 g/mol. The van der Waals surface area contributed by atoms with Gasteiger partial charge < -0.3 is 34.0 Å². The molecule has 5 aromatic carbocycles. The van der Waals surface area contributed by atoms with Crippen molar-refractivity contribution in [3.63, 3.8) is 0 Å². The van der Waals surface area contributed by atoms with E-state index in [0.29, 0.717) is 71.1 Å². The molecule has 0 spiro atoms. The van der Waals surface area contributed by atoms with Crippen LogP contribution >= 0.6 is 0 Å². The monoisotopic (exact) mass is 908 g/mol. The fourth-order valence-corrected chi connectivity index (χ4v) is 8.49. The van der Waals surface area contributed by atoms with Gasteiger partial charge in [0.25, 0.3) is 0 Å². The van der Waals surface area contributed by atoms with E-state index in [9.17, 15) is 22.8 Å². The Kier molecular flexibility index (Phi) is 11.9. The van der Waals surface area contributed by atoms with Crippen molar-refractivity contribution in [2.24, 2.45) is 0 Å². The third-order valence-corrected chi connectivity index (χ3v) is 11.7. The number of alkyl halides is 3. The van der Waals surface area contributed by atoms with Gasteiger partial charge in [0, 0.05) is 78.8 Å². The minimum Gasteiger partial charge on any atom is -0.406 e. The van der Waals surface area contributed by atoms with Gasteiger partial charge in [0.1, 0.15) is 28.8 Å². The Balaban J connectivity index is 0.000000157. The summed E-state index contributed by atoms with van der Waals surface area (Å²) in [6, 6.07) is 34.0. The van der Waals surface area contributed by atoms with E-state index in [1.807, 2.05) is 54.7 Å². The number of hydrogen-bond donors (Lipinski definition) is 2. The van der Waals surface area contributed by atoms with Crippen LogP contribution in [-0.2, 0) is 9.47 Å². The number of nitrogens with zero attached hydrogens (tertiary/aromatic N) is 8. The highest BCUT2D eigenvalue weighted by atomic mass is 19.4. The second-order valence-electron chi connectivity index (χ2n) is 16.0. The molecule has 340 valence electrons. The molecule has 6 heterocycles. The van der Waals surface area contributed by atoms with Gasteiger partial charge >= 0.3 is 6.36 Å². The molecule has 0 saturated carbocycles. The number of pyridine rings is 2. The minimum absolute atomic E-state index is 0.00721. The number of ether oxygens (including phenoxy) is 3. The van der Waals surface area contributed by atoms with E-state index < -0.39 is 6.36 Å². The van der Waals surface area contributed by atoms with E-state index in [-0.39, 0.29) is 16.6 Å². The number of fused-ring (bicyclic) bond motifs is 3. The van der Waals surface area contributed by atoms with Gasteiger partial charge in [-0.2, -0.15) is 0 Å². The van der Waals surface area contributed by atoms with Crippen LogP contribution in [0.3, 0.4) is 0 Å². The lowest BCUT2D eigenvalue weighted by atomic mass is 10.1. The number of rotatable bonds is 7. The number of para-hydroxylation sites is 2. The van der Waals surface area contributed by atoms with Gasteiger partial charge in [-0.1, -0.05) is 71.1 Å². The van der Waals surface area contributed by atoms with Crippen LogP contribution in [0.5, 0.6) is 5.75 Å². The summed E-state index contributed by atoms with van der Waals surface area (Å²) in [6.45, 7) is 5.72. The van der Waals surface area contributed by atoms with Crippen LogP contribution in [-0.4, -0.2) is 98.9 Å². The molecular weight excluding hydrogens is 866 g/mol. The zero-order valence-corrected chi connectivity index (χ0v) is 35.9. The average Bonchev–Trinajstić information content (AvgIpc) is 3.84. The summed E-state index contributed by atoms with van der Waals surface area (Å²) in [4.78, 5) is 37.0. The molecule has 2 aliphatic rings. The van der Waals surface area contributed by atoms with Crippen LogP contribution < -0.4 is 25.4 Å². The SMILES string of the molecule is O=c1cc(N2CCCOCC2)[nH]c2c(-c3cn(-c4ccc(OC(F)(F)F)cc4)nn3)cccc12.O=c1cc(N2CCCOCC2)[nH]c2c(-c3cn(-c4cccc5ccccc45)nn3)cccc12. The van der Waals surface area contributed by atoms with Crippen molar-refractivity contribution < 1.29 is 27.4 Å². The standard InChI is InChI=1S/C26H23N5O2.C23H20F3N5O3/c32-24-16-25(30-12-5-14-33-15-13-30)27-26-20(9-4-10-21(24)26)22-17-31(29-28-22)23-11-3-7-18-6-1-2-8-19(18)23;24-23(25,26)34-16-7-5-15(6-8-16)31-14-19(28-29-31)17-3-1-4-18-20(32)13-21(27-22(17)18)30-9-2-11-33-12-10-30/h1-4,6-11,16-17H,5,12-15H2,(H,27,32);1,3-8,13-14H,2,9-12H2,(H,27,32). The lowest BCUT2D eigenvalue weighted by molar-refractivity contribution is -0.274. The number of anilines is 2. The zero-order chi connectivity index (χ0) is 45.9. The molecule has 2 fully saturated rings. The molecule has 9 aromatic rings. The maximum absolute atomic E-state index is 13.0. The van der Waals surface area contributed by atoms with Crippen molar-refractivity contribution in [1.82, 2.24) is 40.0 Å². The number of H-pyrrole nitrogens is 2. The summed E-state index contributed by atoms with van der Waals surface area (Å²) in [5.74, 6) is 1.20. The van der Waals surface area contributed by atoms with Crippen LogP contribution in [0, 0.1) is 0 Å². The number of benzene rings is 5. The molecule has 18 heteroatoms. The summed E-state index contributed by atoms with van der Waals surface area (Å²) in [5.41, 5.74) is 5.52. The molecule has 0 amide bonds. The van der Waals surface area contributed by atoms with Crippen molar-refractivity contribution in [1.29, 1.82) is 0 Å². The Hall–Kier alpha value is -7.83. The van der Waals surface area contributed by atoms with Gasteiger partial charge in [-0.15, -0.1) is 23.4 Å². The maximum atomic E-state index is 13.0. The number of hydrogen-bond acceptors (Lipinski definition) is 11. The van der Waals surface area contributed by atoms with Crippen molar-refractivity contribution in [2.75, 3.05) is 62.4 Å². The van der Waals surface area contributed by atoms with E-state index in [1.54, 1.807) is 35.1 Å². The van der Waals surface area contributed by atoms with Gasteiger partial charge in [-0.05, 0) is 60.7 Å². The fraction of sp³-hybridized carbons (Fsp3) is 0.224. The molecule has 0 aliphatic carbocycles. The topological polar surface area (TPSA) is 161 Å². The van der Waals surface area contributed by atoms with Crippen LogP contribution in [0.1, 0.15) is 12.8 Å². The summed E-state index contributed by atoms with van der Waals surface area (Å²) < 4.78 is 55.4. The molecule has 11 rings (SSSR count). The van der Waals surface area contributed by atoms with Gasteiger partial charge in [0.15, 0.2) is 10.9 Å². The van der Waals surface area contributed by atoms with Gasteiger partial charge in [-0.3, -0.25) is 9.59 Å². The Morgan fingerprint density at radius 1 is 0.567 bits per heavy atom. The second kappa shape index (κ2) is 18.6. The lowest BCUT2D eigenvalue weighted by Gasteiger charge is -2.22. The molecule has 0 unspecified atom stereocenters. The summed E-state index contributed by atoms with van der Waals surface area (Å²) in [6.07, 6.45) is 0.608. The van der Waals surface area contributed by atoms with E-state index in [0.717, 1.165) is 72.4 Å². The highest BCUT2D eigenvalue weighted by Crippen LogP contribution is 2.30. The molecule has 0 radical (unpaired) electrons. The first kappa shape index (κ1) is 43.1. The van der Waals surface area contributed by atoms with Crippen LogP contribution in [0.4, 0.5) is 24.8 Å². The normalized spacial score (nSPS) is 14.7. The number of aromatic amines is 2. The van der Waals surface area contributed by atoms with Crippen LogP contribution in [0.15, 0.2) is 137 Å². The predicted molar refractivity (Wildman–Crippen MR) is 249 cm³/mol. The Bertz CT molecular complexity index is 3310. The van der Waals surface area contributed by atoms with Crippen molar-refractivity contribution >= 4 is 44.2 Å². The zero-order valence-electron chi connectivity index (χ0n) is 35.9. The molecule has 15 nitrogen and oxygen atoms in total. The van der Waals surface area contributed by atoms with E-state index in [4.69, 9.17) is 9.47 Å². The summed E-state index contributed by atoms with van der Waals surface area (Å²) in [7, 11) is 0. The van der Waals surface area contributed by atoms with Crippen LogP contribution in [0.2, 0.25) is 0 Å². The van der Waals surface area contributed by atoms with Crippen molar-refractivity contribution in [3.05, 3.63) is 148 Å². The first-order chi connectivity index (χ1) is 32.6. The highest BCUT2D eigenvalue weighted by Gasteiger charge is 2.31. The van der Waals surface area contributed by atoms with Gasteiger partial charge in [0.05, 0.1) is 48.0 Å². The molecule has 2 aliphatic heterocycles. The molecule has 0 atom stereocenters. The van der Waals surface area contributed by atoms with E-state index >= 15 is 0 Å². The minimum atomic E-state index is -4.76. The third-order valence-electron chi connectivity index (χ3n) is 11.7. The van der Waals surface area contributed by atoms with E-state index in [1.165, 1.54) is 28.9 Å².